The van der Waals surface area contributed by atoms with Crippen LogP contribution >= 0.6 is 0 Å². The second kappa shape index (κ2) is 13.6. The van der Waals surface area contributed by atoms with Crippen molar-refractivity contribution in [2.45, 2.75) is 72.2 Å². The van der Waals surface area contributed by atoms with Crippen LogP contribution in [-0.2, 0) is 29.6 Å². The topological polar surface area (TPSA) is 150 Å². The number of allylic oxidation sites excluding steroid dienone is 2. The summed E-state index contributed by atoms with van der Waals surface area (Å²) in [6.45, 7) is 10.1. The lowest BCUT2D eigenvalue weighted by Crippen LogP contribution is -2.49. The van der Waals surface area contributed by atoms with Crippen LogP contribution in [0.3, 0.4) is 0 Å². The molecule has 1 aliphatic heterocycles. The largest absolute Gasteiger partial charge is 0.452 e. The molecule has 1 unspecified atom stereocenters. The zero-order valence-corrected chi connectivity index (χ0v) is 27.7. The Labute approximate surface area is 267 Å². The molecule has 1 N–H and O–H groups in total. The highest BCUT2D eigenvalue weighted by molar-refractivity contribution is 5.98. The van der Waals surface area contributed by atoms with Gasteiger partial charge < -0.3 is 24.3 Å². The van der Waals surface area contributed by atoms with Crippen LogP contribution < -0.4 is 26.4 Å². The number of carbonyl (C=O) groups excluding carboxylic acids is 3. The number of aromatic nitrogens is 4. The molecule has 14 heteroatoms. The molecule has 0 spiro atoms. The second-order valence-corrected chi connectivity index (χ2v) is 12.6. The summed E-state index contributed by atoms with van der Waals surface area (Å²) in [7, 11) is 4.28. The van der Waals surface area contributed by atoms with Gasteiger partial charge in [0.1, 0.15) is 5.60 Å². The van der Waals surface area contributed by atoms with Gasteiger partial charge in [-0.2, -0.15) is 4.98 Å². The molecule has 248 valence electrons. The number of hydrogen-bond donors (Lipinski definition) is 1. The molecule has 1 aromatic carbocycles. The van der Waals surface area contributed by atoms with E-state index in [-0.39, 0.29) is 22.8 Å². The van der Waals surface area contributed by atoms with Crippen molar-refractivity contribution < 1.29 is 23.9 Å². The van der Waals surface area contributed by atoms with Gasteiger partial charge in [-0.3, -0.25) is 23.6 Å². The first-order chi connectivity index (χ1) is 21.6. The fraction of sp³-hybridized carbons (Fsp3) is 0.500. The molecular weight excluding hydrogens is 594 g/mol. The molecule has 46 heavy (non-hydrogen) atoms. The fourth-order valence-corrected chi connectivity index (χ4v) is 5.30. The van der Waals surface area contributed by atoms with Gasteiger partial charge in [0.25, 0.3) is 5.56 Å². The average Bonchev–Trinajstić information content (AvgIpc) is 3.39. The van der Waals surface area contributed by atoms with Crippen molar-refractivity contribution in [1.29, 1.82) is 0 Å². The predicted molar refractivity (Wildman–Crippen MR) is 175 cm³/mol. The molecule has 4 rings (SSSR count). The molecule has 3 aromatic rings. The van der Waals surface area contributed by atoms with Gasteiger partial charge in [-0.25, -0.2) is 14.4 Å². The SMILES string of the molecule is COC(=O)N(C)c1cccc(C(=O)Cn2c(=O)c3c(nc(N4CCCC(NC(=O)OC(C)(C)C)C4)n3CC=C(C)C)n(C)c2=O)c1. The van der Waals surface area contributed by atoms with Gasteiger partial charge in [-0.05, 0) is 59.6 Å². The van der Waals surface area contributed by atoms with Crippen molar-refractivity contribution >= 4 is 40.8 Å². The van der Waals surface area contributed by atoms with E-state index in [1.54, 1.807) is 43.5 Å². The summed E-state index contributed by atoms with van der Waals surface area (Å²) in [5, 5.41) is 2.94. The molecule has 0 radical (unpaired) electrons. The first-order valence-electron chi connectivity index (χ1n) is 15.1. The average molecular weight is 638 g/mol. The Balaban J connectivity index is 1.74. The number of nitrogens with zero attached hydrogens (tertiary/aromatic N) is 6. The number of rotatable bonds is 8. The van der Waals surface area contributed by atoms with E-state index in [0.29, 0.717) is 31.3 Å². The third-order valence-corrected chi connectivity index (χ3v) is 7.63. The molecule has 1 saturated heterocycles. The van der Waals surface area contributed by atoms with Gasteiger partial charge in [0.15, 0.2) is 16.9 Å². The van der Waals surface area contributed by atoms with Gasteiger partial charge in [0.2, 0.25) is 5.95 Å². The van der Waals surface area contributed by atoms with E-state index in [2.05, 4.69) is 5.32 Å². The summed E-state index contributed by atoms with van der Waals surface area (Å²) in [6, 6.07) is 6.09. The highest BCUT2D eigenvalue weighted by atomic mass is 16.6. The van der Waals surface area contributed by atoms with Gasteiger partial charge in [-0.1, -0.05) is 23.8 Å². The lowest BCUT2D eigenvalue weighted by atomic mass is 10.1. The van der Waals surface area contributed by atoms with Crippen molar-refractivity contribution in [3.05, 3.63) is 62.3 Å². The number of ether oxygens (including phenoxy) is 2. The Hall–Kier alpha value is -4.88. The molecule has 2 aromatic heterocycles. The monoisotopic (exact) mass is 637 g/mol. The van der Waals surface area contributed by atoms with Crippen LogP contribution in [0.25, 0.3) is 11.2 Å². The molecule has 3 heterocycles. The minimum Gasteiger partial charge on any atom is -0.452 e. The van der Waals surface area contributed by atoms with Gasteiger partial charge in [-0.15, -0.1) is 0 Å². The van der Waals surface area contributed by atoms with Crippen molar-refractivity contribution in [3.63, 3.8) is 0 Å². The number of imidazole rings is 1. The first kappa shape index (κ1) is 34.0. The Kier molecular flexibility index (Phi) is 10.1. The zero-order chi connectivity index (χ0) is 33.9. The van der Waals surface area contributed by atoms with Crippen LogP contribution in [0, 0.1) is 0 Å². The zero-order valence-electron chi connectivity index (χ0n) is 27.7. The number of fused-ring (bicyclic) bond motifs is 1. The molecule has 0 saturated carbocycles. The number of anilines is 2. The molecule has 1 aliphatic rings. The van der Waals surface area contributed by atoms with Crippen LogP contribution in [0.1, 0.15) is 57.8 Å². The van der Waals surface area contributed by atoms with E-state index in [9.17, 15) is 24.0 Å². The van der Waals surface area contributed by atoms with E-state index in [4.69, 9.17) is 14.5 Å². The Morgan fingerprint density at radius 3 is 2.52 bits per heavy atom. The van der Waals surface area contributed by atoms with Crippen molar-refractivity contribution in [2.24, 2.45) is 7.05 Å². The molecule has 0 bridgehead atoms. The standard InChI is InChI=1S/C32H43N7O7/c1-20(2)14-16-38-25-26(34-28(38)37-15-10-12-22(18-37)33-29(42)46-32(3,4)5)36(7)30(43)39(27(25)41)19-24(40)21-11-9-13-23(17-21)35(6)31(44)45-8/h9,11,13-14,17,22H,10,12,15-16,18-19H2,1-8H3,(H,33,42). The molecular formula is C32H43N7O7. The third-order valence-electron chi connectivity index (χ3n) is 7.63. The molecule has 14 nitrogen and oxygen atoms in total. The Morgan fingerprint density at radius 2 is 1.87 bits per heavy atom. The number of ketones is 1. The maximum absolute atomic E-state index is 14.0. The number of piperidine rings is 1. The normalized spacial score (nSPS) is 15.0. The summed E-state index contributed by atoms with van der Waals surface area (Å²) in [5.74, 6) is -0.000688. The minimum atomic E-state index is -0.685. The summed E-state index contributed by atoms with van der Waals surface area (Å²) in [5.41, 5.74) is 0.0737. The minimum absolute atomic E-state index is 0.184. The predicted octanol–water partition coefficient (Wildman–Crippen LogP) is 3.44. The van der Waals surface area contributed by atoms with E-state index < -0.39 is 41.4 Å². The maximum Gasteiger partial charge on any atom is 0.413 e. The van der Waals surface area contributed by atoms with Crippen molar-refractivity contribution in [2.75, 3.05) is 37.0 Å². The smallest absolute Gasteiger partial charge is 0.413 e. The number of alkyl carbamates (subject to hydrolysis) is 1. The summed E-state index contributed by atoms with van der Waals surface area (Å²) in [4.78, 5) is 73.4. The van der Waals surface area contributed by atoms with Gasteiger partial charge in [0.05, 0.1) is 13.7 Å². The van der Waals surface area contributed by atoms with E-state index in [0.717, 1.165) is 23.0 Å². The number of methoxy groups -OCH3 is 1. The lowest BCUT2D eigenvalue weighted by Gasteiger charge is -2.34. The van der Waals surface area contributed by atoms with E-state index in [1.165, 1.54) is 36.7 Å². The first-order valence-corrected chi connectivity index (χ1v) is 15.1. The summed E-state index contributed by atoms with van der Waals surface area (Å²) in [6.07, 6.45) is 2.34. The van der Waals surface area contributed by atoms with E-state index in [1.807, 2.05) is 24.8 Å². The van der Waals surface area contributed by atoms with E-state index >= 15 is 0 Å². The van der Waals surface area contributed by atoms with Crippen LogP contribution in [0.4, 0.5) is 21.2 Å². The summed E-state index contributed by atoms with van der Waals surface area (Å²) >= 11 is 0. The number of aryl methyl sites for hydroxylation is 1. The molecule has 2 amide bonds. The van der Waals surface area contributed by atoms with Crippen molar-refractivity contribution in [3.8, 4) is 0 Å². The lowest BCUT2D eigenvalue weighted by molar-refractivity contribution is 0.0499. The Bertz CT molecular complexity index is 1790. The number of benzene rings is 1. The van der Waals surface area contributed by atoms with Crippen LogP contribution in [0.15, 0.2) is 45.5 Å². The van der Waals surface area contributed by atoms with Crippen LogP contribution in [0.5, 0.6) is 0 Å². The van der Waals surface area contributed by atoms with Crippen molar-refractivity contribution in [1.82, 2.24) is 24.0 Å². The quantitative estimate of drug-likeness (QED) is 0.289. The van der Waals surface area contributed by atoms with Gasteiger partial charge in [0, 0.05) is 51.0 Å². The number of Topliss-reactive ketones (excluding diaryl/α,β-unsaturated/α-hetero) is 1. The number of nitrogens with one attached hydrogen (secondary N) is 1. The maximum atomic E-state index is 14.0. The fourth-order valence-electron chi connectivity index (χ4n) is 5.30. The highest BCUT2D eigenvalue weighted by Gasteiger charge is 2.29. The van der Waals surface area contributed by atoms with Crippen LogP contribution in [0.2, 0.25) is 0 Å². The Morgan fingerprint density at radius 1 is 1.15 bits per heavy atom. The highest BCUT2D eigenvalue weighted by Crippen LogP contribution is 2.24. The third kappa shape index (κ3) is 7.49. The number of amides is 2. The number of hydrogen-bond acceptors (Lipinski definition) is 9. The van der Waals surface area contributed by atoms with Crippen LogP contribution in [-0.4, -0.2) is 75.5 Å². The molecule has 1 atom stereocenters. The second-order valence-electron chi connectivity index (χ2n) is 12.6. The molecule has 0 aliphatic carbocycles. The van der Waals surface area contributed by atoms with Gasteiger partial charge >= 0.3 is 17.9 Å². The summed E-state index contributed by atoms with van der Waals surface area (Å²) < 4.78 is 14.1. The molecule has 1 fully saturated rings. The number of carbonyl (C=O) groups is 3.